The quantitative estimate of drug-likeness (QED) is 0.695. The van der Waals surface area contributed by atoms with Gasteiger partial charge in [-0.05, 0) is 18.6 Å². The summed E-state index contributed by atoms with van der Waals surface area (Å²) in [5, 5.41) is 0. The molecule has 0 spiro atoms. The summed E-state index contributed by atoms with van der Waals surface area (Å²) < 4.78 is 0. The van der Waals surface area contributed by atoms with E-state index in [1.165, 1.54) is 0 Å². The van der Waals surface area contributed by atoms with E-state index in [2.05, 4.69) is 9.97 Å². The monoisotopic (exact) mass is 198 g/mol. The third-order valence-corrected chi connectivity index (χ3v) is 2.27. The molecule has 0 fully saturated rings. The summed E-state index contributed by atoms with van der Waals surface area (Å²) in [6.07, 6.45) is 5.79. The molecule has 0 bridgehead atoms. The molecule has 0 unspecified atom stereocenters. The van der Waals surface area contributed by atoms with Gasteiger partial charge < -0.3 is 0 Å². The molecule has 0 radical (unpaired) electrons. The van der Waals surface area contributed by atoms with E-state index in [0.29, 0.717) is 5.56 Å². The minimum Gasteiger partial charge on any atom is -0.298 e. The first kappa shape index (κ1) is 9.52. The van der Waals surface area contributed by atoms with Crippen molar-refractivity contribution < 1.29 is 4.79 Å². The lowest BCUT2D eigenvalue weighted by Crippen LogP contribution is -1.89. The van der Waals surface area contributed by atoms with Gasteiger partial charge in [0.2, 0.25) is 0 Å². The van der Waals surface area contributed by atoms with E-state index in [4.69, 9.17) is 0 Å². The third kappa shape index (κ3) is 1.91. The van der Waals surface area contributed by atoms with Gasteiger partial charge >= 0.3 is 0 Å². The molecule has 0 N–H and O–H groups in total. The zero-order chi connectivity index (χ0) is 10.7. The van der Waals surface area contributed by atoms with E-state index in [-0.39, 0.29) is 0 Å². The average Bonchev–Trinajstić information content (AvgIpc) is 2.31. The summed E-state index contributed by atoms with van der Waals surface area (Å²) in [4.78, 5) is 18.9. The van der Waals surface area contributed by atoms with Crippen molar-refractivity contribution in [3.05, 3.63) is 47.9 Å². The van der Waals surface area contributed by atoms with Crippen LogP contribution < -0.4 is 0 Å². The zero-order valence-electron chi connectivity index (χ0n) is 8.34. The summed E-state index contributed by atoms with van der Waals surface area (Å²) in [6, 6.07) is 5.67. The largest absolute Gasteiger partial charge is 0.298 e. The third-order valence-electron chi connectivity index (χ3n) is 2.27. The Labute approximate surface area is 87.8 Å². The lowest BCUT2D eigenvalue weighted by molar-refractivity contribution is 0.112. The second-order valence-corrected chi connectivity index (χ2v) is 3.28. The molecule has 74 valence electrons. The lowest BCUT2D eigenvalue weighted by Gasteiger charge is -2.02. The molecule has 1 heterocycles. The predicted octanol–water partition coefficient (Wildman–Crippen LogP) is 2.26. The molecule has 0 aliphatic rings. The van der Waals surface area contributed by atoms with Gasteiger partial charge in [-0.3, -0.25) is 14.8 Å². The minimum atomic E-state index is 0.693. The Bertz CT molecular complexity index is 480. The van der Waals surface area contributed by atoms with Crippen molar-refractivity contribution >= 4 is 6.29 Å². The average molecular weight is 198 g/mol. The van der Waals surface area contributed by atoms with E-state index >= 15 is 0 Å². The van der Waals surface area contributed by atoms with E-state index < -0.39 is 0 Å². The van der Waals surface area contributed by atoms with Crippen LogP contribution in [0.5, 0.6) is 0 Å². The van der Waals surface area contributed by atoms with Crippen LogP contribution in [0.2, 0.25) is 0 Å². The van der Waals surface area contributed by atoms with Crippen molar-refractivity contribution in [1.82, 2.24) is 9.97 Å². The Morgan fingerprint density at radius 2 is 2.13 bits per heavy atom. The molecule has 2 rings (SSSR count). The van der Waals surface area contributed by atoms with Crippen molar-refractivity contribution in [2.75, 3.05) is 0 Å². The van der Waals surface area contributed by atoms with Gasteiger partial charge in [0.25, 0.3) is 0 Å². The molecule has 15 heavy (non-hydrogen) atoms. The lowest BCUT2D eigenvalue weighted by atomic mass is 10.0. The Kier molecular flexibility index (Phi) is 2.54. The number of carbonyl (C=O) groups excluding carboxylic acids is 1. The van der Waals surface area contributed by atoms with Crippen LogP contribution in [-0.4, -0.2) is 16.3 Å². The van der Waals surface area contributed by atoms with Gasteiger partial charge in [-0.15, -0.1) is 0 Å². The maximum absolute atomic E-state index is 10.8. The molecule has 2 aromatic rings. The maximum Gasteiger partial charge on any atom is 0.150 e. The highest BCUT2D eigenvalue weighted by atomic mass is 16.1. The molecule has 1 aromatic heterocycles. The summed E-state index contributed by atoms with van der Waals surface area (Å²) in [5.41, 5.74) is 3.35. The van der Waals surface area contributed by atoms with Gasteiger partial charge in [0.1, 0.15) is 6.29 Å². The molecule has 0 saturated heterocycles. The van der Waals surface area contributed by atoms with Gasteiger partial charge in [0.15, 0.2) is 0 Å². The Morgan fingerprint density at radius 3 is 2.80 bits per heavy atom. The second-order valence-electron chi connectivity index (χ2n) is 3.28. The topological polar surface area (TPSA) is 42.9 Å². The van der Waals surface area contributed by atoms with Crippen LogP contribution in [0, 0.1) is 6.92 Å². The Hall–Kier alpha value is -2.03. The first-order valence-corrected chi connectivity index (χ1v) is 4.63. The summed E-state index contributed by atoms with van der Waals surface area (Å²) in [6.45, 7) is 1.91. The van der Waals surface area contributed by atoms with Crippen LogP contribution >= 0.6 is 0 Å². The molecule has 0 saturated carbocycles. The van der Waals surface area contributed by atoms with Gasteiger partial charge in [0, 0.05) is 23.5 Å². The zero-order valence-corrected chi connectivity index (χ0v) is 8.34. The smallest absolute Gasteiger partial charge is 0.150 e. The number of aldehydes is 1. The highest BCUT2D eigenvalue weighted by Gasteiger charge is 2.02. The number of aryl methyl sites for hydroxylation is 1. The van der Waals surface area contributed by atoms with Crippen molar-refractivity contribution in [1.29, 1.82) is 0 Å². The van der Waals surface area contributed by atoms with Gasteiger partial charge in [-0.2, -0.15) is 0 Å². The fourth-order valence-electron chi connectivity index (χ4n) is 1.37. The number of rotatable bonds is 2. The number of nitrogens with zero attached hydrogens (tertiary/aromatic N) is 2. The Balaban J connectivity index is 2.51. The van der Waals surface area contributed by atoms with Gasteiger partial charge in [0.05, 0.1) is 11.9 Å². The van der Waals surface area contributed by atoms with E-state index in [9.17, 15) is 4.79 Å². The minimum absolute atomic E-state index is 0.693. The highest BCUT2D eigenvalue weighted by molar-refractivity contribution is 5.80. The summed E-state index contributed by atoms with van der Waals surface area (Å²) >= 11 is 0. The SMILES string of the molecule is Cc1ccc(-c2cnccn2)cc1C=O. The molecule has 0 aliphatic heterocycles. The molecule has 1 aromatic carbocycles. The maximum atomic E-state index is 10.8. The van der Waals surface area contributed by atoms with Crippen LogP contribution in [-0.2, 0) is 0 Å². The summed E-state index contributed by atoms with van der Waals surface area (Å²) in [5.74, 6) is 0. The van der Waals surface area contributed by atoms with Crippen LogP contribution in [0.4, 0.5) is 0 Å². The summed E-state index contributed by atoms with van der Waals surface area (Å²) in [7, 11) is 0. The fraction of sp³-hybridized carbons (Fsp3) is 0.0833. The van der Waals surface area contributed by atoms with E-state index in [0.717, 1.165) is 23.1 Å². The standard InChI is InChI=1S/C12H10N2O/c1-9-2-3-10(6-11(9)8-15)12-7-13-4-5-14-12/h2-8H,1H3. The van der Waals surface area contributed by atoms with E-state index in [1.807, 2.05) is 25.1 Å². The number of benzene rings is 1. The van der Waals surface area contributed by atoms with Gasteiger partial charge in [-0.1, -0.05) is 12.1 Å². The number of hydrogen-bond donors (Lipinski definition) is 0. The first-order valence-electron chi connectivity index (χ1n) is 4.63. The second kappa shape index (κ2) is 4.00. The molecular weight excluding hydrogens is 188 g/mol. The van der Waals surface area contributed by atoms with Crippen LogP contribution in [0.15, 0.2) is 36.8 Å². The molecular formula is C12H10N2O. The highest BCUT2D eigenvalue weighted by Crippen LogP contribution is 2.18. The van der Waals surface area contributed by atoms with Crippen molar-refractivity contribution in [2.45, 2.75) is 6.92 Å². The fourth-order valence-corrected chi connectivity index (χ4v) is 1.37. The molecule has 0 atom stereocenters. The molecule has 3 heteroatoms. The van der Waals surface area contributed by atoms with Crippen molar-refractivity contribution in [3.63, 3.8) is 0 Å². The Morgan fingerprint density at radius 1 is 1.27 bits per heavy atom. The first-order chi connectivity index (χ1) is 7.31. The molecule has 3 nitrogen and oxygen atoms in total. The van der Waals surface area contributed by atoms with Crippen LogP contribution in [0.1, 0.15) is 15.9 Å². The molecule has 0 aliphatic carbocycles. The van der Waals surface area contributed by atoms with Crippen LogP contribution in [0.3, 0.4) is 0 Å². The van der Waals surface area contributed by atoms with Gasteiger partial charge in [-0.25, -0.2) is 0 Å². The van der Waals surface area contributed by atoms with Crippen molar-refractivity contribution in [3.8, 4) is 11.3 Å². The van der Waals surface area contributed by atoms with E-state index in [1.54, 1.807) is 18.6 Å². The number of aromatic nitrogens is 2. The number of carbonyl (C=O) groups is 1. The normalized spacial score (nSPS) is 9.93. The van der Waals surface area contributed by atoms with Crippen molar-refractivity contribution in [2.24, 2.45) is 0 Å². The molecule has 0 amide bonds. The number of hydrogen-bond acceptors (Lipinski definition) is 3. The van der Waals surface area contributed by atoms with Crippen LogP contribution in [0.25, 0.3) is 11.3 Å². The predicted molar refractivity (Wildman–Crippen MR) is 57.6 cm³/mol.